The minimum atomic E-state index is -3.34. The fourth-order valence-electron chi connectivity index (χ4n) is 4.09. The molecule has 1 aliphatic rings. The van der Waals surface area contributed by atoms with Gasteiger partial charge in [0.25, 0.3) is 0 Å². The van der Waals surface area contributed by atoms with Crippen molar-refractivity contribution in [1.29, 1.82) is 0 Å². The van der Waals surface area contributed by atoms with E-state index in [1.165, 1.54) is 12.8 Å². The van der Waals surface area contributed by atoms with Gasteiger partial charge in [0.15, 0.2) is 0 Å². The molecule has 1 heterocycles. The highest BCUT2D eigenvalue weighted by Crippen LogP contribution is 2.37. The minimum Gasteiger partial charge on any atom is -0.496 e. The van der Waals surface area contributed by atoms with Gasteiger partial charge in [0.2, 0.25) is 10.0 Å². The summed E-state index contributed by atoms with van der Waals surface area (Å²) in [5.41, 5.74) is 3.63. The van der Waals surface area contributed by atoms with Gasteiger partial charge < -0.3 is 9.64 Å². The van der Waals surface area contributed by atoms with Gasteiger partial charge in [-0.1, -0.05) is 61.0 Å². The van der Waals surface area contributed by atoms with Gasteiger partial charge in [-0.3, -0.25) is 4.72 Å². The molecule has 33 heavy (non-hydrogen) atoms. The van der Waals surface area contributed by atoms with Crippen LogP contribution in [0.25, 0.3) is 12.2 Å². The zero-order chi connectivity index (χ0) is 24.1. The Morgan fingerprint density at radius 1 is 1.09 bits per heavy atom. The number of halogens is 1. The Morgan fingerprint density at radius 3 is 2.36 bits per heavy atom. The summed E-state index contributed by atoms with van der Waals surface area (Å²) in [4.78, 5) is 2.33. The van der Waals surface area contributed by atoms with Gasteiger partial charge in [-0.25, -0.2) is 8.42 Å². The number of methoxy groups -OCH3 is 1. The second-order valence-electron chi connectivity index (χ2n) is 9.60. The summed E-state index contributed by atoms with van der Waals surface area (Å²) in [5, 5.41) is 0. The molecule has 0 amide bonds. The van der Waals surface area contributed by atoms with Crippen molar-refractivity contribution < 1.29 is 13.2 Å². The zero-order valence-corrected chi connectivity index (χ0v) is 22.4. The molecule has 1 aliphatic heterocycles. The molecule has 0 radical (unpaired) electrons. The molecule has 7 heteroatoms. The molecule has 0 unspecified atom stereocenters. The molecule has 0 atom stereocenters. The summed E-state index contributed by atoms with van der Waals surface area (Å²) < 4.78 is 34.3. The number of nitrogens with one attached hydrogen (secondary N) is 1. The Hall–Kier alpha value is -1.83. The van der Waals surface area contributed by atoms with Gasteiger partial charge in [-0.05, 0) is 74.1 Å². The third-order valence-corrected chi connectivity index (χ3v) is 7.65. The molecule has 0 aliphatic carbocycles. The maximum atomic E-state index is 12.4. The fourth-order valence-corrected chi connectivity index (χ4v) is 5.67. The monoisotopic (exact) mass is 534 g/mol. The third kappa shape index (κ3) is 7.59. The lowest BCUT2D eigenvalue weighted by Crippen LogP contribution is -2.24. The van der Waals surface area contributed by atoms with Gasteiger partial charge in [0.05, 0.1) is 12.9 Å². The maximum absolute atomic E-state index is 12.4. The van der Waals surface area contributed by atoms with E-state index in [9.17, 15) is 8.42 Å². The SMILES string of the molecule is COc1c(C=Cc2ccc(NS(=O)(=O)CCCN3CCCC3)cc2)cc(Br)cc1C(C)(C)C. The van der Waals surface area contributed by atoms with Crippen LogP contribution in [-0.2, 0) is 15.4 Å². The van der Waals surface area contributed by atoms with Crippen molar-refractivity contribution in [3.05, 3.63) is 57.6 Å². The van der Waals surface area contributed by atoms with Crippen molar-refractivity contribution in [3.8, 4) is 5.75 Å². The fraction of sp³-hybridized carbons (Fsp3) is 0.462. The largest absolute Gasteiger partial charge is 0.496 e. The number of anilines is 1. The quantitative estimate of drug-likeness (QED) is 0.391. The predicted octanol–water partition coefficient (Wildman–Crippen LogP) is 6.15. The number of nitrogens with zero attached hydrogens (tertiary/aromatic N) is 1. The number of rotatable bonds is 9. The Morgan fingerprint density at radius 2 is 1.76 bits per heavy atom. The van der Waals surface area contributed by atoms with E-state index in [1.807, 2.05) is 30.4 Å². The van der Waals surface area contributed by atoms with Crippen molar-refractivity contribution in [2.75, 3.05) is 37.2 Å². The number of hydrogen-bond donors (Lipinski definition) is 1. The van der Waals surface area contributed by atoms with Crippen molar-refractivity contribution >= 4 is 43.8 Å². The van der Waals surface area contributed by atoms with E-state index in [1.54, 1.807) is 19.2 Å². The number of likely N-dealkylation sites (tertiary alicyclic amines) is 1. The molecule has 5 nitrogen and oxygen atoms in total. The lowest BCUT2D eigenvalue weighted by Gasteiger charge is -2.24. The molecule has 3 rings (SSSR count). The van der Waals surface area contributed by atoms with Crippen molar-refractivity contribution in [3.63, 3.8) is 0 Å². The Balaban J connectivity index is 1.65. The molecule has 1 N–H and O–H groups in total. The standard InChI is InChI=1S/C26H35BrN2O3S/c1-26(2,3)24-19-22(27)18-21(25(24)32-4)11-8-20-9-12-23(13-10-20)28-33(30,31)17-7-16-29-14-5-6-15-29/h8-13,18-19,28H,5-7,14-17H2,1-4H3. The summed E-state index contributed by atoms with van der Waals surface area (Å²) in [6.07, 6.45) is 7.12. The molecular formula is C26H35BrN2O3S. The van der Waals surface area contributed by atoms with Crippen LogP contribution >= 0.6 is 15.9 Å². The van der Waals surface area contributed by atoms with Crippen LogP contribution in [0.1, 0.15) is 56.7 Å². The minimum absolute atomic E-state index is 0.0506. The zero-order valence-electron chi connectivity index (χ0n) is 20.0. The lowest BCUT2D eigenvalue weighted by molar-refractivity contribution is 0.340. The highest BCUT2D eigenvalue weighted by molar-refractivity contribution is 9.10. The summed E-state index contributed by atoms with van der Waals surface area (Å²) in [5.74, 6) is 1.00. The Bertz CT molecular complexity index is 1070. The first-order chi connectivity index (χ1) is 15.6. The van der Waals surface area contributed by atoms with E-state index in [4.69, 9.17) is 4.74 Å². The summed E-state index contributed by atoms with van der Waals surface area (Å²) in [7, 11) is -1.65. The van der Waals surface area contributed by atoms with E-state index in [2.05, 4.69) is 52.4 Å². The second-order valence-corrected chi connectivity index (χ2v) is 12.4. The Labute approximate surface area is 207 Å². The maximum Gasteiger partial charge on any atom is 0.232 e. The Kier molecular flexibility index (Phi) is 8.65. The second kappa shape index (κ2) is 11.1. The highest BCUT2D eigenvalue weighted by atomic mass is 79.9. The molecular weight excluding hydrogens is 500 g/mol. The highest BCUT2D eigenvalue weighted by Gasteiger charge is 2.21. The van der Waals surface area contributed by atoms with Gasteiger partial charge in [-0.15, -0.1) is 0 Å². The van der Waals surface area contributed by atoms with Gasteiger partial charge in [0, 0.05) is 21.3 Å². The van der Waals surface area contributed by atoms with Gasteiger partial charge in [0.1, 0.15) is 5.75 Å². The van der Waals surface area contributed by atoms with Crippen LogP contribution in [0.5, 0.6) is 5.75 Å². The van der Waals surface area contributed by atoms with Crippen LogP contribution < -0.4 is 9.46 Å². The average Bonchev–Trinajstić information content (AvgIpc) is 3.25. The van der Waals surface area contributed by atoms with Crippen LogP contribution in [0.15, 0.2) is 40.9 Å². The lowest BCUT2D eigenvalue weighted by atomic mass is 9.85. The molecule has 2 aromatic rings. The van der Waals surface area contributed by atoms with Crippen LogP contribution in [0.2, 0.25) is 0 Å². The summed E-state index contributed by atoms with van der Waals surface area (Å²) in [6.45, 7) is 9.52. The van der Waals surface area contributed by atoms with E-state index in [0.29, 0.717) is 12.1 Å². The van der Waals surface area contributed by atoms with E-state index < -0.39 is 10.0 Å². The first-order valence-electron chi connectivity index (χ1n) is 11.5. The molecule has 180 valence electrons. The van der Waals surface area contributed by atoms with Crippen molar-refractivity contribution in [1.82, 2.24) is 4.90 Å². The van der Waals surface area contributed by atoms with Crippen LogP contribution in [-0.4, -0.2) is 45.8 Å². The molecule has 0 aromatic heterocycles. The summed E-state index contributed by atoms with van der Waals surface area (Å²) in [6, 6.07) is 11.6. The molecule has 0 bridgehead atoms. The predicted molar refractivity (Wildman–Crippen MR) is 142 cm³/mol. The third-order valence-electron chi connectivity index (χ3n) is 5.82. The smallest absolute Gasteiger partial charge is 0.232 e. The van der Waals surface area contributed by atoms with Crippen molar-refractivity contribution in [2.45, 2.75) is 45.4 Å². The molecule has 1 fully saturated rings. The van der Waals surface area contributed by atoms with E-state index >= 15 is 0 Å². The molecule has 1 saturated heterocycles. The topological polar surface area (TPSA) is 58.6 Å². The van der Waals surface area contributed by atoms with E-state index in [-0.39, 0.29) is 11.2 Å². The van der Waals surface area contributed by atoms with Crippen LogP contribution in [0.3, 0.4) is 0 Å². The molecule has 0 spiro atoms. The van der Waals surface area contributed by atoms with Gasteiger partial charge >= 0.3 is 0 Å². The average molecular weight is 536 g/mol. The molecule has 2 aromatic carbocycles. The first kappa shape index (κ1) is 25.8. The molecule has 0 saturated carbocycles. The van der Waals surface area contributed by atoms with Crippen LogP contribution in [0, 0.1) is 0 Å². The van der Waals surface area contributed by atoms with Crippen LogP contribution in [0.4, 0.5) is 5.69 Å². The number of benzene rings is 2. The summed E-state index contributed by atoms with van der Waals surface area (Å²) >= 11 is 3.61. The number of hydrogen-bond acceptors (Lipinski definition) is 4. The van der Waals surface area contributed by atoms with Crippen molar-refractivity contribution in [2.24, 2.45) is 0 Å². The number of ether oxygens (including phenoxy) is 1. The first-order valence-corrected chi connectivity index (χ1v) is 13.9. The van der Waals surface area contributed by atoms with E-state index in [0.717, 1.165) is 46.5 Å². The van der Waals surface area contributed by atoms with Gasteiger partial charge in [-0.2, -0.15) is 0 Å². The number of sulfonamides is 1. The normalized spacial score (nSPS) is 15.3.